The number of aliphatic hydroxyl groups is 1. The van der Waals surface area contributed by atoms with Crippen molar-refractivity contribution in [3.8, 4) is 0 Å². The topological polar surface area (TPSA) is 131 Å². The second-order valence-electron chi connectivity index (χ2n) is 7.83. The van der Waals surface area contributed by atoms with E-state index in [0.717, 1.165) is 34.8 Å². The van der Waals surface area contributed by atoms with Gasteiger partial charge >= 0.3 is 6.09 Å². The molecule has 3 atom stereocenters. The Morgan fingerprint density at radius 1 is 1.43 bits per heavy atom. The van der Waals surface area contributed by atoms with E-state index < -0.39 is 6.09 Å². The van der Waals surface area contributed by atoms with Crippen molar-refractivity contribution in [1.82, 2.24) is 20.1 Å². The summed E-state index contributed by atoms with van der Waals surface area (Å²) in [7, 11) is 0. The van der Waals surface area contributed by atoms with Crippen molar-refractivity contribution in [2.45, 2.75) is 57.9 Å². The number of hydrogen-bond donors (Lipinski definition) is 4. The maximum atomic E-state index is 12.2. The molecule has 0 bridgehead atoms. The van der Waals surface area contributed by atoms with Gasteiger partial charge in [-0.25, -0.2) is 9.78 Å². The minimum absolute atomic E-state index is 0.0128. The van der Waals surface area contributed by atoms with Crippen LogP contribution in [0.1, 0.15) is 54.1 Å². The summed E-state index contributed by atoms with van der Waals surface area (Å²) in [6, 6.07) is 1.75. The smallest absolute Gasteiger partial charge is 0.407 e. The maximum Gasteiger partial charge on any atom is 0.407 e. The fourth-order valence-corrected chi connectivity index (χ4v) is 4.74. The van der Waals surface area contributed by atoms with E-state index in [-0.39, 0.29) is 36.8 Å². The predicted octanol–water partition coefficient (Wildman–Crippen LogP) is 2.99. The van der Waals surface area contributed by atoms with Crippen molar-refractivity contribution in [1.29, 1.82) is 0 Å². The Kier molecular flexibility index (Phi) is 7.43. The zero-order chi connectivity index (χ0) is 21.7. The molecule has 0 aliphatic heterocycles. The molecule has 9 nitrogen and oxygen atoms in total. The third-order valence-corrected chi connectivity index (χ3v) is 6.60. The van der Waals surface area contributed by atoms with E-state index in [4.69, 9.17) is 0 Å². The van der Waals surface area contributed by atoms with E-state index in [1.54, 1.807) is 6.20 Å². The Balaban J connectivity index is 1.56. The van der Waals surface area contributed by atoms with Crippen LogP contribution in [0.3, 0.4) is 0 Å². The van der Waals surface area contributed by atoms with Gasteiger partial charge in [-0.05, 0) is 38.5 Å². The standard InChI is InChI=1S/C20H29N5O4S/c1-3-13(11-26)10-25(20(28)29)15-5-4-14(6-15)17-8-18(24-23-17)22-19(27)7-16-9-21-12(2)30-16/h8-9,13-15,26H,3-7,10-11H2,1-2H3,(H,28,29)(H2,22,23,24,27)/t13?,14-,15+/m0/s1. The molecule has 0 saturated heterocycles. The largest absolute Gasteiger partial charge is 0.465 e. The minimum Gasteiger partial charge on any atom is -0.465 e. The highest BCUT2D eigenvalue weighted by Gasteiger charge is 2.34. The van der Waals surface area contributed by atoms with Crippen molar-refractivity contribution in [2.75, 3.05) is 18.5 Å². The highest BCUT2D eigenvalue weighted by Crippen LogP contribution is 2.37. The maximum absolute atomic E-state index is 12.2. The molecule has 1 aliphatic rings. The molecule has 0 spiro atoms. The van der Waals surface area contributed by atoms with Gasteiger partial charge < -0.3 is 20.4 Å². The summed E-state index contributed by atoms with van der Waals surface area (Å²) in [4.78, 5) is 30.5. The number of aromatic nitrogens is 3. The van der Waals surface area contributed by atoms with Crippen LogP contribution in [-0.2, 0) is 11.2 Å². The van der Waals surface area contributed by atoms with Gasteiger partial charge in [0.05, 0.1) is 11.4 Å². The molecule has 164 valence electrons. The number of aliphatic hydroxyl groups excluding tert-OH is 1. The SMILES string of the molecule is CCC(CO)CN(C(=O)O)[C@@H]1CC[C@H](c2cc(NC(=O)Cc3cnc(C)s3)n[nH]2)C1. The molecule has 2 amide bonds. The van der Waals surface area contributed by atoms with Crippen LogP contribution in [-0.4, -0.2) is 61.5 Å². The van der Waals surface area contributed by atoms with E-state index in [1.165, 1.54) is 16.2 Å². The molecule has 2 heterocycles. The van der Waals surface area contributed by atoms with E-state index in [2.05, 4.69) is 20.5 Å². The van der Waals surface area contributed by atoms with Gasteiger partial charge in [-0.1, -0.05) is 6.92 Å². The fourth-order valence-electron chi connectivity index (χ4n) is 3.94. The van der Waals surface area contributed by atoms with E-state index in [1.807, 2.05) is 19.9 Å². The van der Waals surface area contributed by atoms with Gasteiger partial charge in [0.1, 0.15) is 0 Å². The van der Waals surface area contributed by atoms with Crippen molar-refractivity contribution in [3.05, 3.63) is 27.8 Å². The molecule has 2 aromatic rings. The number of amides is 2. The zero-order valence-electron chi connectivity index (χ0n) is 17.3. The first-order chi connectivity index (χ1) is 14.4. The molecule has 10 heteroatoms. The lowest BCUT2D eigenvalue weighted by molar-refractivity contribution is -0.115. The predicted molar refractivity (Wildman–Crippen MR) is 114 cm³/mol. The first kappa shape index (κ1) is 22.2. The molecule has 4 N–H and O–H groups in total. The lowest BCUT2D eigenvalue weighted by atomic mass is 10.0. The molecule has 1 saturated carbocycles. The number of carbonyl (C=O) groups is 2. The highest BCUT2D eigenvalue weighted by atomic mass is 32.1. The molecule has 1 aliphatic carbocycles. The van der Waals surface area contributed by atoms with Crippen molar-refractivity contribution in [2.24, 2.45) is 5.92 Å². The fraction of sp³-hybridized carbons (Fsp3) is 0.600. The van der Waals surface area contributed by atoms with Gasteiger partial charge in [-0.15, -0.1) is 11.3 Å². The third kappa shape index (κ3) is 5.57. The first-order valence-electron chi connectivity index (χ1n) is 10.3. The third-order valence-electron chi connectivity index (χ3n) is 5.69. The summed E-state index contributed by atoms with van der Waals surface area (Å²) in [5.74, 6) is 0.443. The monoisotopic (exact) mass is 435 g/mol. The lowest BCUT2D eigenvalue weighted by Gasteiger charge is -2.29. The number of thiazole rings is 1. The van der Waals surface area contributed by atoms with Gasteiger partial charge in [0.2, 0.25) is 5.91 Å². The quantitative estimate of drug-likeness (QED) is 0.479. The number of aryl methyl sites for hydroxylation is 1. The second-order valence-corrected chi connectivity index (χ2v) is 9.15. The summed E-state index contributed by atoms with van der Waals surface area (Å²) in [5, 5.41) is 30.0. The van der Waals surface area contributed by atoms with E-state index in [0.29, 0.717) is 18.8 Å². The molecule has 1 unspecified atom stereocenters. The summed E-state index contributed by atoms with van der Waals surface area (Å²) in [6.45, 7) is 4.19. The number of nitrogens with one attached hydrogen (secondary N) is 2. The number of carboxylic acid groups (broad SMARTS) is 1. The van der Waals surface area contributed by atoms with Crippen molar-refractivity contribution < 1.29 is 19.8 Å². The zero-order valence-corrected chi connectivity index (χ0v) is 18.1. The number of hydrogen-bond acceptors (Lipinski definition) is 6. The normalized spacial score (nSPS) is 19.6. The van der Waals surface area contributed by atoms with Crippen LogP contribution >= 0.6 is 11.3 Å². The van der Waals surface area contributed by atoms with Crippen LogP contribution in [0, 0.1) is 12.8 Å². The number of aromatic amines is 1. The van der Waals surface area contributed by atoms with Gasteiger partial charge in [0.25, 0.3) is 0 Å². The van der Waals surface area contributed by atoms with Crippen LogP contribution in [0.2, 0.25) is 0 Å². The molecular weight excluding hydrogens is 406 g/mol. The summed E-state index contributed by atoms with van der Waals surface area (Å²) in [6.07, 6.45) is 4.08. The highest BCUT2D eigenvalue weighted by molar-refractivity contribution is 7.11. The molecule has 0 radical (unpaired) electrons. The first-order valence-corrected chi connectivity index (χ1v) is 11.1. The van der Waals surface area contributed by atoms with Crippen LogP contribution < -0.4 is 5.32 Å². The average molecular weight is 436 g/mol. The Bertz CT molecular complexity index is 863. The lowest BCUT2D eigenvalue weighted by Crippen LogP contribution is -2.41. The summed E-state index contributed by atoms with van der Waals surface area (Å²) >= 11 is 1.50. The van der Waals surface area contributed by atoms with Crippen molar-refractivity contribution >= 4 is 29.2 Å². The number of nitrogens with zero attached hydrogens (tertiary/aromatic N) is 3. The molecule has 3 rings (SSSR count). The molecule has 30 heavy (non-hydrogen) atoms. The second kappa shape index (κ2) is 10.0. The van der Waals surface area contributed by atoms with Crippen LogP contribution in [0.4, 0.5) is 10.6 Å². The Labute approximate surface area is 179 Å². The van der Waals surface area contributed by atoms with Crippen LogP contribution in [0.5, 0.6) is 0 Å². The van der Waals surface area contributed by atoms with Gasteiger partial charge in [-0.2, -0.15) is 5.10 Å². The number of carbonyl (C=O) groups excluding carboxylic acids is 1. The molecule has 1 fully saturated rings. The van der Waals surface area contributed by atoms with Gasteiger partial charge in [0.15, 0.2) is 5.82 Å². The summed E-state index contributed by atoms with van der Waals surface area (Å²) < 4.78 is 0. The Morgan fingerprint density at radius 3 is 2.87 bits per heavy atom. The van der Waals surface area contributed by atoms with E-state index in [9.17, 15) is 19.8 Å². The Hall–Kier alpha value is -2.46. The molecule has 2 aromatic heterocycles. The number of anilines is 1. The van der Waals surface area contributed by atoms with Crippen LogP contribution in [0.25, 0.3) is 0 Å². The number of H-pyrrole nitrogens is 1. The summed E-state index contributed by atoms with van der Waals surface area (Å²) in [5.41, 5.74) is 0.904. The minimum atomic E-state index is -0.941. The van der Waals surface area contributed by atoms with E-state index >= 15 is 0 Å². The van der Waals surface area contributed by atoms with Crippen molar-refractivity contribution in [3.63, 3.8) is 0 Å². The molecular formula is C20H29N5O4S. The molecule has 0 aromatic carbocycles. The number of rotatable bonds is 9. The Morgan fingerprint density at radius 2 is 2.23 bits per heavy atom. The van der Waals surface area contributed by atoms with Crippen LogP contribution in [0.15, 0.2) is 12.3 Å². The van der Waals surface area contributed by atoms with Gasteiger partial charge in [0, 0.05) is 47.9 Å². The van der Waals surface area contributed by atoms with Gasteiger partial charge in [-0.3, -0.25) is 9.89 Å². The average Bonchev–Trinajstić information content (AvgIpc) is 3.44.